The van der Waals surface area contributed by atoms with Gasteiger partial charge in [-0.3, -0.25) is 4.79 Å². The molecule has 1 aromatic heterocycles. The van der Waals surface area contributed by atoms with Gasteiger partial charge in [0.15, 0.2) is 5.76 Å². The molecule has 0 aliphatic rings. The molecule has 1 aromatic carbocycles. The van der Waals surface area contributed by atoms with Gasteiger partial charge in [-0.05, 0) is 38.1 Å². The van der Waals surface area contributed by atoms with E-state index < -0.39 is 0 Å². The van der Waals surface area contributed by atoms with E-state index in [2.05, 4.69) is 5.32 Å². The van der Waals surface area contributed by atoms with Crippen molar-refractivity contribution >= 4 is 5.91 Å². The molecule has 1 amide bonds. The molecule has 1 heterocycles. The van der Waals surface area contributed by atoms with Gasteiger partial charge in [0.2, 0.25) is 0 Å². The molecule has 2 rings (SSSR count). The van der Waals surface area contributed by atoms with Crippen LogP contribution in [0.4, 0.5) is 4.39 Å². The standard InChI is InChI=1S/C14H14FNO2/c1-9(2)16-14(17)13-8-7-12(18-13)10-5-3-4-6-11(10)15/h3-9H,1-2H3,(H,16,17). The zero-order valence-electron chi connectivity index (χ0n) is 10.2. The highest BCUT2D eigenvalue weighted by Gasteiger charge is 2.14. The van der Waals surface area contributed by atoms with Crippen LogP contribution in [0.3, 0.4) is 0 Å². The quantitative estimate of drug-likeness (QED) is 0.904. The fourth-order valence-electron chi connectivity index (χ4n) is 1.60. The highest BCUT2D eigenvalue weighted by molar-refractivity contribution is 5.92. The molecule has 1 N–H and O–H groups in total. The first-order valence-corrected chi connectivity index (χ1v) is 5.73. The highest BCUT2D eigenvalue weighted by Crippen LogP contribution is 2.24. The van der Waals surface area contributed by atoms with E-state index in [9.17, 15) is 9.18 Å². The zero-order valence-corrected chi connectivity index (χ0v) is 10.2. The van der Waals surface area contributed by atoms with E-state index in [0.717, 1.165) is 0 Å². The van der Waals surface area contributed by atoms with Crippen molar-refractivity contribution in [1.82, 2.24) is 5.32 Å². The minimum atomic E-state index is -0.373. The number of furan rings is 1. The molecule has 0 radical (unpaired) electrons. The summed E-state index contributed by atoms with van der Waals surface area (Å²) in [6.07, 6.45) is 0. The van der Waals surface area contributed by atoms with Crippen molar-refractivity contribution in [2.24, 2.45) is 0 Å². The Kier molecular flexibility index (Phi) is 3.46. The maximum absolute atomic E-state index is 13.5. The number of hydrogen-bond donors (Lipinski definition) is 1. The summed E-state index contributed by atoms with van der Waals surface area (Å²) < 4.78 is 18.9. The Hall–Kier alpha value is -2.10. The fourth-order valence-corrected chi connectivity index (χ4v) is 1.60. The predicted octanol–water partition coefficient (Wildman–Crippen LogP) is 3.22. The second-order valence-electron chi connectivity index (χ2n) is 4.27. The third kappa shape index (κ3) is 2.59. The summed E-state index contributed by atoms with van der Waals surface area (Å²) >= 11 is 0. The molecule has 2 aromatic rings. The molecule has 0 atom stereocenters. The minimum Gasteiger partial charge on any atom is -0.451 e. The SMILES string of the molecule is CC(C)NC(=O)c1ccc(-c2ccccc2F)o1. The van der Waals surface area contributed by atoms with Gasteiger partial charge >= 0.3 is 0 Å². The molecule has 0 unspecified atom stereocenters. The predicted molar refractivity (Wildman–Crippen MR) is 66.7 cm³/mol. The molecule has 0 fully saturated rings. The molecule has 0 aliphatic heterocycles. The maximum Gasteiger partial charge on any atom is 0.287 e. The van der Waals surface area contributed by atoms with Crippen LogP contribution in [0.25, 0.3) is 11.3 Å². The number of carbonyl (C=O) groups is 1. The lowest BCUT2D eigenvalue weighted by Crippen LogP contribution is -2.29. The molecule has 0 bridgehead atoms. The van der Waals surface area contributed by atoms with Crippen LogP contribution in [0, 0.1) is 5.82 Å². The number of rotatable bonds is 3. The monoisotopic (exact) mass is 247 g/mol. The van der Waals surface area contributed by atoms with Crippen molar-refractivity contribution in [3.63, 3.8) is 0 Å². The molecule has 4 heteroatoms. The van der Waals surface area contributed by atoms with Crippen LogP contribution in [0.2, 0.25) is 0 Å². The molecule has 0 aliphatic carbocycles. The zero-order chi connectivity index (χ0) is 13.1. The van der Waals surface area contributed by atoms with Crippen molar-refractivity contribution < 1.29 is 13.6 Å². The van der Waals surface area contributed by atoms with Gasteiger partial charge in [0.1, 0.15) is 11.6 Å². The van der Waals surface area contributed by atoms with E-state index in [4.69, 9.17) is 4.42 Å². The summed E-state index contributed by atoms with van der Waals surface area (Å²) in [6.45, 7) is 3.72. The normalized spacial score (nSPS) is 10.7. The van der Waals surface area contributed by atoms with Crippen molar-refractivity contribution in [3.8, 4) is 11.3 Å². The second kappa shape index (κ2) is 5.04. The van der Waals surface area contributed by atoms with E-state index in [1.165, 1.54) is 6.07 Å². The Morgan fingerprint density at radius 2 is 1.94 bits per heavy atom. The first-order valence-electron chi connectivity index (χ1n) is 5.73. The number of hydrogen-bond acceptors (Lipinski definition) is 2. The van der Waals surface area contributed by atoms with Crippen LogP contribution < -0.4 is 5.32 Å². The van der Waals surface area contributed by atoms with Gasteiger partial charge in [0.05, 0.1) is 5.56 Å². The minimum absolute atomic E-state index is 0.0273. The summed E-state index contributed by atoms with van der Waals surface area (Å²) in [4.78, 5) is 11.7. The number of amides is 1. The molecule has 94 valence electrons. The highest BCUT2D eigenvalue weighted by atomic mass is 19.1. The third-order valence-electron chi connectivity index (χ3n) is 2.39. The van der Waals surface area contributed by atoms with Crippen LogP contribution in [-0.4, -0.2) is 11.9 Å². The van der Waals surface area contributed by atoms with E-state index in [-0.39, 0.29) is 23.5 Å². The average molecular weight is 247 g/mol. The fraction of sp³-hybridized carbons (Fsp3) is 0.214. The lowest BCUT2D eigenvalue weighted by molar-refractivity contribution is 0.0916. The Morgan fingerprint density at radius 1 is 1.22 bits per heavy atom. The molecular formula is C14H14FNO2. The van der Waals surface area contributed by atoms with Crippen LogP contribution in [-0.2, 0) is 0 Å². The van der Waals surface area contributed by atoms with E-state index in [1.807, 2.05) is 13.8 Å². The van der Waals surface area contributed by atoms with Crippen molar-refractivity contribution in [2.45, 2.75) is 19.9 Å². The Balaban J connectivity index is 2.26. The van der Waals surface area contributed by atoms with E-state index in [0.29, 0.717) is 11.3 Å². The topological polar surface area (TPSA) is 42.2 Å². The Bertz CT molecular complexity index is 560. The summed E-state index contributed by atoms with van der Waals surface area (Å²) in [5, 5.41) is 2.71. The Morgan fingerprint density at radius 3 is 2.61 bits per heavy atom. The molecule has 3 nitrogen and oxygen atoms in total. The van der Waals surface area contributed by atoms with Crippen molar-refractivity contribution in [1.29, 1.82) is 0 Å². The first-order chi connectivity index (χ1) is 8.58. The van der Waals surface area contributed by atoms with Gasteiger partial charge in [0, 0.05) is 6.04 Å². The van der Waals surface area contributed by atoms with Crippen LogP contribution in [0.5, 0.6) is 0 Å². The number of nitrogens with one attached hydrogen (secondary N) is 1. The molecule has 0 saturated carbocycles. The smallest absolute Gasteiger partial charge is 0.287 e. The third-order valence-corrected chi connectivity index (χ3v) is 2.39. The van der Waals surface area contributed by atoms with Crippen molar-refractivity contribution in [3.05, 3.63) is 48.0 Å². The summed E-state index contributed by atoms with van der Waals surface area (Å²) in [5.74, 6) is -0.140. The van der Waals surface area contributed by atoms with Gasteiger partial charge in [-0.25, -0.2) is 4.39 Å². The molecule has 0 spiro atoms. The molecule has 0 saturated heterocycles. The van der Waals surface area contributed by atoms with E-state index in [1.54, 1.807) is 30.3 Å². The van der Waals surface area contributed by atoms with Gasteiger partial charge in [-0.15, -0.1) is 0 Å². The first kappa shape index (κ1) is 12.4. The summed E-state index contributed by atoms with van der Waals surface area (Å²) in [5.41, 5.74) is 0.348. The molecule has 18 heavy (non-hydrogen) atoms. The van der Waals surface area contributed by atoms with E-state index >= 15 is 0 Å². The maximum atomic E-state index is 13.5. The lowest BCUT2D eigenvalue weighted by Gasteiger charge is -2.05. The number of benzene rings is 1. The number of carbonyl (C=O) groups excluding carboxylic acids is 1. The van der Waals surface area contributed by atoms with Crippen LogP contribution >= 0.6 is 0 Å². The summed E-state index contributed by atoms with van der Waals surface area (Å²) in [6, 6.07) is 9.44. The van der Waals surface area contributed by atoms with Gasteiger partial charge in [-0.1, -0.05) is 12.1 Å². The summed E-state index contributed by atoms with van der Waals surface area (Å²) in [7, 11) is 0. The van der Waals surface area contributed by atoms with Gasteiger partial charge in [-0.2, -0.15) is 0 Å². The van der Waals surface area contributed by atoms with Gasteiger partial charge < -0.3 is 9.73 Å². The average Bonchev–Trinajstić information content (AvgIpc) is 2.78. The van der Waals surface area contributed by atoms with Crippen LogP contribution in [0.1, 0.15) is 24.4 Å². The lowest BCUT2D eigenvalue weighted by atomic mass is 10.1. The van der Waals surface area contributed by atoms with Crippen molar-refractivity contribution in [2.75, 3.05) is 0 Å². The largest absolute Gasteiger partial charge is 0.451 e. The Labute approximate surface area is 105 Å². The van der Waals surface area contributed by atoms with Crippen LogP contribution in [0.15, 0.2) is 40.8 Å². The molecular weight excluding hydrogens is 233 g/mol. The second-order valence-corrected chi connectivity index (χ2v) is 4.27. The number of halogens is 1. The van der Waals surface area contributed by atoms with Gasteiger partial charge in [0.25, 0.3) is 5.91 Å².